The fraction of sp³-hybridized carbons (Fsp3) is 0.538. The molecule has 0 saturated heterocycles. The summed E-state index contributed by atoms with van der Waals surface area (Å²) in [6.45, 7) is 2.65. The fourth-order valence-corrected chi connectivity index (χ4v) is 2.46. The third kappa shape index (κ3) is 3.89. The van der Waals surface area contributed by atoms with Crippen LogP contribution in [-0.2, 0) is 6.42 Å². The van der Waals surface area contributed by atoms with E-state index >= 15 is 0 Å². The molecule has 0 aliphatic heterocycles. The van der Waals surface area contributed by atoms with E-state index in [0.29, 0.717) is 18.3 Å². The van der Waals surface area contributed by atoms with Crippen molar-refractivity contribution < 1.29 is 4.39 Å². The van der Waals surface area contributed by atoms with Crippen molar-refractivity contribution in [3.63, 3.8) is 0 Å². The molecule has 0 radical (unpaired) electrons. The van der Waals surface area contributed by atoms with Gasteiger partial charge >= 0.3 is 0 Å². The van der Waals surface area contributed by atoms with Gasteiger partial charge in [0.1, 0.15) is 5.82 Å². The molecule has 0 bridgehead atoms. The van der Waals surface area contributed by atoms with Crippen molar-refractivity contribution in [2.45, 2.75) is 19.4 Å². The Morgan fingerprint density at radius 3 is 2.71 bits per heavy atom. The van der Waals surface area contributed by atoms with Gasteiger partial charge in [-0.2, -0.15) is 11.8 Å². The SMILES string of the molecule is CSCC(C)N(C)c1ccc(CCN)cc1F. The molecule has 1 atom stereocenters. The highest BCUT2D eigenvalue weighted by Crippen LogP contribution is 2.22. The molecular formula is C13H21FN2S. The van der Waals surface area contributed by atoms with Crippen LogP contribution in [0.4, 0.5) is 10.1 Å². The maximum absolute atomic E-state index is 13.9. The summed E-state index contributed by atoms with van der Waals surface area (Å²) in [6.07, 6.45) is 2.78. The summed E-state index contributed by atoms with van der Waals surface area (Å²) < 4.78 is 13.9. The van der Waals surface area contributed by atoms with Gasteiger partial charge in [-0.25, -0.2) is 4.39 Å². The first kappa shape index (κ1) is 14.3. The second kappa shape index (κ2) is 6.87. The Morgan fingerprint density at radius 2 is 2.18 bits per heavy atom. The molecule has 0 amide bonds. The first-order valence-corrected chi connectivity index (χ1v) is 7.19. The van der Waals surface area contributed by atoms with E-state index in [9.17, 15) is 4.39 Å². The van der Waals surface area contributed by atoms with Gasteiger partial charge in [0.25, 0.3) is 0 Å². The Balaban J connectivity index is 2.83. The van der Waals surface area contributed by atoms with Crippen LogP contribution in [0.25, 0.3) is 0 Å². The van der Waals surface area contributed by atoms with Crippen LogP contribution in [0.1, 0.15) is 12.5 Å². The Bertz CT molecular complexity index is 357. The second-order valence-corrected chi connectivity index (χ2v) is 5.15. The minimum absolute atomic E-state index is 0.161. The highest BCUT2D eigenvalue weighted by molar-refractivity contribution is 7.98. The average Bonchev–Trinajstić information content (AvgIpc) is 2.29. The quantitative estimate of drug-likeness (QED) is 0.848. The molecule has 2 nitrogen and oxygen atoms in total. The zero-order valence-electron chi connectivity index (χ0n) is 10.7. The van der Waals surface area contributed by atoms with Gasteiger partial charge in [0.2, 0.25) is 0 Å². The predicted molar refractivity (Wildman–Crippen MR) is 75.4 cm³/mol. The summed E-state index contributed by atoms with van der Waals surface area (Å²) in [6, 6.07) is 5.70. The Morgan fingerprint density at radius 1 is 1.47 bits per heavy atom. The highest BCUT2D eigenvalue weighted by atomic mass is 32.2. The maximum atomic E-state index is 13.9. The summed E-state index contributed by atoms with van der Waals surface area (Å²) in [5, 5.41) is 0. The van der Waals surface area contributed by atoms with E-state index in [-0.39, 0.29) is 5.82 Å². The molecule has 0 saturated carbocycles. The zero-order valence-corrected chi connectivity index (χ0v) is 11.6. The van der Waals surface area contributed by atoms with E-state index in [4.69, 9.17) is 5.73 Å². The van der Waals surface area contributed by atoms with Crippen LogP contribution in [0.2, 0.25) is 0 Å². The Kier molecular flexibility index (Phi) is 5.78. The van der Waals surface area contributed by atoms with Gasteiger partial charge in [0.05, 0.1) is 5.69 Å². The number of halogens is 1. The minimum atomic E-state index is -0.161. The average molecular weight is 256 g/mol. The molecule has 0 aliphatic rings. The number of hydrogen-bond donors (Lipinski definition) is 1. The smallest absolute Gasteiger partial charge is 0.146 e. The molecular weight excluding hydrogens is 235 g/mol. The number of rotatable bonds is 6. The molecule has 0 aliphatic carbocycles. The molecule has 1 aromatic carbocycles. The van der Waals surface area contributed by atoms with Crippen LogP contribution in [0, 0.1) is 5.82 Å². The number of nitrogens with two attached hydrogens (primary N) is 1. The van der Waals surface area contributed by atoms with Gasteiger partial charge in [0.15, 0.2) is 0 Å². The standard InChI is InChI=1S/C13H21FN2S/c1-10(9-17-3)16(2)13-5-4-11(6-7-15)8-12(13)14/h4-5,8,10H,6-7,9,15H2,1-3H3. The minimum Gasteiger partial charge on any atom is -0.369 e. The van der Waals surface area contributed by atoms with Crippen molar-refractivity contribution in [3.05, 3.63) is 29.6 Å². The van der Waals surface area contributed by atoms with Crippen LogP contribution in [0.15, 0.2) is 18.2 Å². The fourth-order valence-electron chi connectivity index (χ4n) is 1.75. The third-order valence-electron chi connectivity index (χ3n) is 2.89. The van der Waals surface area contributed by atoms with Crippen molar-refractivity contribution in [1.82, 2.24) is 0 Å². The van der Waals surface area contributed by atoms with Crippen molar-refractivity contribution in [3.8, 4) is 0 Å². The predicted octanol–water partition coefficient (Wildman–Crippen LogP) is 2.51. The number of hydrogen-bond acceptors (Lipinski definition) is 3. The van der Waals surface area contributed by atoms with E-state index < -0.39 is 0 Å². The van der Waals surface area contributed by atoms with E-state index in [1.165, 1.54) is 0 Å². The van der Waals surface area contributed by atoms with Crippen molar-refractivity contribution in [1.29, 1.82) is 0 Å². The lowest BCUT2D eigenvalue weighted by atomic mass is 10.1. The second-order valence-electron chi connectivity index (χ2n) is 4.24. The third-order valence-corrected chi connectivity index (χ3v) is 3.71. The molecule has 0 fully saturated rings. The van der Waals surface area contributed by atoms with Gasteiger partial charge < -0.3 is 10.6 Å². The van der Waals surface area contributed by atoms with Crippen LogP contribution in [-0.4, -0.2) is 31.6 Å². The van der Waals surface area contributed by atoms with Crippen LogP contribution in [0.3, 0.4) is 0 Å². The van der Waals surface area contributed by atoms with Crippen molar-refractivity contribution in [2.24, 2.45) is 5.73 Å². The van der Waals surface area contributed by atoms with Crippen molar-refractivity contribution >= 4 is 17.4 Å². The van der Waals surface area contributed by atoms with Gasteiger partial charge in [-0.1, -0.05) is 6.07 Å². The lowest BCUT2D eigenvalue weighted by Crippen LogP contribution is -2.31. The monoisotopic (exact) mass is 256 g/mol. The van der Waals surface area contributed by atoms with Gasteiger partial charge in [-0.05, 0) is 43.8 Å². The zero-order chi connectivity index (χ0) is 12.8. The summed E-state index contributed by atoms with van der Waals surface area (Å²) in [7, 11) is 1.93. The van der Waals surface area contributed by atoms with E-state index in [1.54, 1.807) is 17.8 Å². The normalized spacial score (nSPS) is 12.5. The van der Waals surface area contributed by atoms with Crippen LogP contribution in [0.5, 0.6) is 0 Å². The maximum Gasteiger partial charge on any atom is 0.146 e. The number of anilines is 1. The largest absolute Gasteiger partial charge is 0.369 e. The van der Waals surface area contributed by atoms with Crippen LogP contribution >= 0.6 is 11.8 Å². The number of nitrogens with zero attached hydrogens (tertiary/aromatic N) is 1. The Hall–Kier alpha value is -0.740. The molecule has 1 rings (SSSR count). The molecule has 17 heavy (non-hydrogen) atoms. The molecule has 1 unspecified atom stereocenters. The molecule has 1 aromatic rings. The summed E-state index contributed by atoms with van der Waals surface area (Å²) in [5.41, 5.74) is 7.08. The lowest BCUT2D eigenvalue weighted by molar-refractivity contribution is 0.612. The number of benzene rings is 1. The molecule has 4 heteroatoms. The molecule has 96 valence electrons. The highest BCUT2D eigenvalue weighted by Gasteiger charge is 2.13. The van der Waals surface area contributed by atoms with Crippen molar-refractivity contribution in [2.75, 3.05) is 30.5 Å². The summed E-state index contributed by atoms with van der Waals surface area (Å²) in [5.74, 6) is 0.826. The van der Waals surface area contributed by atoms with E-state index in [2.05, 4.69) is 13.2 Å². The van der Waals surface area contributed by atoms with Gasteiger partial charge in [0, 0.05) is 18.8 Å². The Labute approximate surface area is 107 Å². The first-order chi connectivity index (χ1) is 8.10. The summed E-state index contributed by atoms with van der Waals surface area (Å²) >= 11 is 1.77. The number of thioether (sulfide) groups is 1. The van der Waals surface area contributed by atoms with Gasteiger partial charge in [-0.3, -0.25) is 0 Å². The van der Waals surface area contributed by atoms with Crippen LogP contribution < -0.4 is 10.6 Å². The van der Waals surface area contributed by atoms with E-state index in [1.807, 2.05) is 24.1 Å². The molecule has 0 aromatic heterocycles. The lowest BCUT2D eigenvalue weighted by Gasteiger charge is -2.27. The summed E-state index contributed by atoms with van der Waals surface area (Å²) in [4.78, 5) is 1.98. The topological polar surface area (TPSA) is 29.3 Å². The molecule has 2 N–H and O–H groups in total. The molecule has 0 heterocycles. The van der Waals surface area contributed by atoms with Gasteiger partial charge in [-0.15, -0.1) is 0 Å². The van der Waals surface area contributed by atoms with E-state index in [0.717, 1.165) is 17.7 Å². The first-order valence-electron chi connectivity index (χ1n) is 5.80. The molecule has 0 spiro atoms.